The summed E-state index contributed by atoms with van der Waals surface area (Å²) < 4.78 is 0. The Morgan fingerprint density at radius 3 is 2.45 bits per heavy atom. The molecule has 0 aromatic heterocycles. The molecule has 0 aliphatic heterocycles. The van der Waals surface area contributed by atoms with Crippen LogP contribution in [0, 0.1) is 34.0 Å². The highest BCUT2D eigenvalue weighted by Crippen LogP contribution is 2.74. The van der Waals surface area contributed by atoms with E-state index in [1.807, 2.05) is 12.1 Å². The SMILES string of the molecule is CC1CCC(C)(C)C2=CC(C34CC3CCC4=Cc3ccc(C(=O)O)cc3)C(C)(C)C=C21. The van der Waals surface area contributed by atoms with Crippen molar-refractivity contribution in [3.8, 4) is 0 Å². The second-order valence-corrected chi connectivity index (χ2v) is 11.9. The lowest BCUT2D eigenvalue weighted by atomic mass is 9.57. The molecular weight excluding hydrogens is 380 g/mol. The van der Waals surface area contributed by atoms with Crippen LogP contribution in [0.3, 0.4) is 0 Å². The summed E-state index contributed by atoms with van der Waals surface area (Å²) in [5, 5.41) is 9.21. The Labute approximate surface area is 187 Å². The van der Waals surface area contributed by atoms with Gasteiger partial charge >= 0.3 is 5.97 Å². The van der Waals surface area contributed by atoms with Crippen LogP contribution in [0.1, 0.15) is 82.6 Å². The fourth-order valence-corrected chi connectivity index (χ4v) is 7.12. The topological polar surface area (TPSA) is 37.3 Å². The second-order valence-electron chi connectivity index (χ2n) is 11.9. The van der Waals surface area contributed by atoms with Gasteiger partial charge in [-0.1, -0.05) is 70.6 Å². The average molecular weight is 417 g/mol. The van der Waals surface area contributed by atoms with Crippen LogP contribution in [-0.2, 0) is 0 Å². The summed E-state index contributed by atoms with van der Waals surface area (Å²) in [6.45, 7) is 12.2. The minimum absolute atomic E-state index is 0.159. The summed E-state index contributed by atoms with van der Waals surface area (Å²) in [4.78, 5) is 11.2. The van der Waals surface area contributed by atoms with Crippen LogP contribution in [0.2, 0.25) is 0 Å². The first-order chi connectivity index (χ1) is 14.5. The van der Waals surface area contributed by atoms with Crippen LogP contribution in [0.15, 0.2) is 53.1 Å². The van der Waals surface area contributed by atoms with Gasteiger partial charge in [0.2, 0.25) is 0 Å². The van der Waals surface area contributed by atoms with Crippen LogP contribution < -0.4 is 0 Å². The number of carboxylic acid groups (broad SMARTS) is 1. The zero-order chi connectivity index (χ0) is 22.2. The average Bonchev–Trinajstić information content (AvgIpc) is 3.33. The zero-order valence-corrected chi connectivity index (χ0v) is 19.7. The monoisotopic (exact) mass is 416 g/mol. The van der Waals surface area contributed by atoms with E-state index in [9.17, 15) is 9.90 Å². The van der Waals surface area contributed by atoms with E-state index in [4.69, 9.17) is 0 Å². The standard InChI is InChI=1S/C29H36O2/c1-18-12-13-27(2,3)24-15-25(28(4,5)17-23(18)24)29-16-22(29)11-10-21(29)14-19-6-8-20(9-7-19)26(30)31/h6-9,14-15,17-18,22,25H,10-13,16H2,1-5H3,(H,30,31). The van der Waals surface area contributed by atoms with Gasteiger partial charge in [-0.2, -0.15) is 0 Å². The molecule has 2 nitrogen and oxygen atoms in total. The smallest absolute Gasteiger partial charge is 0.335 e. The molecule has 1 aromatic carbocycles. The largest absolute Gasteiger partial charge is 0.478 e. The van der Waals surface area contributed by atoms with Gasteiger partial charge in [-0.25, -0.2) is 4.79 Å². The van der Waals surface area contributed by atoms with Gasteiger partial charge in [0.25, 0.3) is 0 Å². The van der Waals surface area contributed by atoms with Crippen molar-refractivity contribution in [2.24, 2.45) is 34.0 Å². The van der Waals surface area contributed by atoms with E-state index in [-0.39, 0.29) is 10.8 Å². The number of carboxylic acids is 1. The number of hydrogen-bond donors (Lipinski definition) is 1. The molecule has 31 heavy (non-hydrogen) atoms. The molecule has 0 heterocycles. The predicted molar refractivity (Wildman–Crippen MR) is 127 cm³/mol. The van der Waals surface area contributed by atoms with Crippen molar-refractivity contribution in [1.29, 1.82) is 0 Å². The van der Waals surface area contributed by atoms with Gasteiger partial charge in [0.15, 0.2) is 0 Å². The van der Waals surface area contributed by atoms with Gasteiger partial charge in [-0.3, -0.25) is 0 Å². The van der Waals surface area contributed by atoms with Crippen LogP contribution in [0.5, 0.6) is 0 Å². The molecule has 3 saturated carbocycles. The lowest BCUT2D eigenvalue weighted by Crippen LogP contribution is -2.37. The van der Waals surface area contributed by atoms with E-state index < -0.39 is 5.97 Å². The van der Waals surface area contributed by atoms with Gasteiger partial charge in [0, 0.05) is 5.41 Å². The number of allylic oxidation sites excluding steroid dienone is 5. The van der Waals surface area contributed by atoms with Crippen molar-refractivity contribution in [2.75, 3.05) is 0 Å². The van der Waals surface area contributed by atoms with Gasteiger partial charge in [0.05, 0.1) is 5.56 Å². The minimum Gasteiger partial charge on any atom is -0.478 e. The third kappa shape index (κ3) is 3.17. The van der Waals surface area contributed by atoms with Crippen molar-refractivity contribution < 1.29 is 9.90 Å². The Hall–Kier alpha value is -2.09. The van der Waals surface area contributed by atoms with Crippen LogP contribution in [0.4, 0.5) is 0 Å². The van der Waals surface area contributed by atoms with Crippen LogP contribution in [0.25, 0.3) is 6.08 Å². The van der Waals surface area contributed by atoms with E-state index in [2.05, 4.69) is 52.8 Å². The minimum atomic E-state index is -0.860. The molecule has 4 unspecified atom stereocenters. The van der Waals surface area contributed by atoms with Gasteiger partial charge < -0.3 is 5.11 Å². The molecule has 0 bridgehead atoms. The van der Waals surface area contributed by atoms with E-state index in [1.165, 1.54) is 32.1 Å². The molecule has 0 saturated heterocycles. The highest BCUT2D eigenvalue weighted by Gasteiger charge is 2.66. The molecule has 5 rings (SSSR count). The lowest BCUT2D eigenvalue weighted by Gasteiger charge is -2.48. The maximum absolute atomic E-state index is 11.2. The molecule has 4 aliphatic carbocycles. The van der Waals surface area contributed by atoms with E-state index in [0.29, 0.717) is 22.8 Å². The lowest BCUT2D eigenvalue weighted by molar-refractivity contribution is 0.0697. The van der Waals surface area contributed by atoms with Crippen molar-refractivity contribution >= 4 is 12.0 Å². The van der Waals surface area contributed by atoms with Crippen molar-refractivity contribution in [2.45, 2.75) is 66.7 Å². The number of rotatable bonds is 3. The van der Waals surface area contributed by atoms with Gasteiger partial charge in [-0.05, 0) is 89.5 Å². The first-order valence-corrected chi connectivity index (χ1v) is 12.0. The van der Waals surface area contributed by atoms with Crippen molar-refractivity contribution in [1.82, 2.24) is 0 Å². The molecule has 0 amide bonds. The zero-order valence-electron chi connectivity index (χ0n) is 19.7. The first kappa shape index (κ1) is 20.8. The molecular formula is C29H36O2. The van der Waals surface area contributed by atoms with Gasteiger partial charge in [-0.15, -0.1) is 0 Å². The second kappa shape index (κ2) is 6.70. The molecule has 1 N–H and O–H groups in total. The Morgan fingerprint density at radius 1 is 1.10 bits per heavy atom. The number of carbonyl (C=O) groups is 1. The first-order valence-electron chi connectivity index (χ1n) is 12.0. The summed E-state index contributed by atoms with van der Waals surface area (Å²) in [5.74, 6) is 1.15. The maximum atomic E-state index is 11.2. The fraction of sp³-hybridized carbons (Fsp3) is 0.552. The predicted octanol–water partition coefficient (Wildman–Crippen LogP) is 7.53. The Balaban J connectivity index is 1.54. The fourth-order valence-electron chi connectivity index (χ4n) is 7.12. The van der Waals surface area contributed by atoms with E-state index in [1.54, 1.807) is 28.9 Å². The number of fused-ring (bicyclic) bond motifs is 2. The van der Waals surface area contributed by atoms with Crippen molar-refractivity contribution in [3.63, 3.8) is 0 Å². The molecule has 2 heteroatoms. The van der Waals surface area contributed by atoms with E-state index >= 15 is 0 Å². The Morgan fingerprint density at radius 2 is 1.81 bits per heavy atom. The number of benzene rings is 1. The molecule has 4 aliphatic rings. The van der Waals surface area contributed by atoms with Crippen molar-refractivity contribution in [3.05, 3.63) is 64.3 Å². The molecule has 1 aromatic rings. The van der Waals surface area contributed by atoms with E-state index in [0.717, 1.165) is 11.5 Å². The summed E-state index contributed by atoms with van der Waals surface area (Å²) in [7, 11) is 0. The highest BCUT2D eigenvalue weighted by atomic mass is 16.4. The Kier molecular flexibility index (Phi) is 4.50. The highest BCUT2D eigenvalue weighted by molar-refractivity contribution is 5.87. The quantitative estimate of drug-likeness (QED) is 0.553. The molecule has 0 spiro atoms. The summed E-state index contributed by atoms with van der Waals surface area (Å²) in [5.41, 5.74) is 7.03. The van der Waals surface area contributed by atoms with Crippen LogP contribution in [-0.4, -0.2) is 11.1 Å². The Bertz CT molecular complexity index is 1020. The summed E-state index contributed by atoms with van der Waals surface area (Å²) >= 11 is 0. The van der Waals surface area contributed by atoms with Gasteiger partial charge in [0.1, 0.15) is 0 Å². The third-order valence-corrected chi connectivity index (χ3v) is 9.00. The maximum Gasteiger partial charge on any atom is 0.335 e. The molecule has 0 radical (unpaired) electrons. The molecule has 3 fully saturated rings. The third-order valence-electron chi connectivity index (χ3n) is 9.00. The molecule has 164 valence electrons. The van der Waals surface area contributed by atoms with Crippen LogP contribution >= 0.6 is 0 Å². The normalized spacial score (nSPS) is 36.3. The summed E-state index contributed by atoms with van der Waals surface area (Å²) in [6.07, 6.45) is 14.1. The number of aromatic carboxylic acids is 1. The molecule has 4 atom stereocenters. The summed E-state index contributed by atoms with van der Waals surface area (Å²) in [6, 6.07) is 7.39. The number of hydrogen-bond acceptors (Lipinski definition) is 1.